The highest BCUT2D eigenvalue weighted by Crippen LogP contribution is 2.41. The SMILES string of the molecule is CC(C)NC(C#N)(CN(C)C1CCCCC1C)C1CC1. The van der Waals surface area contributed by atoms with Crippen molar-refractivity contribution in [2.45, 2.75) is 76.9 Å². The predicted octanol–water partition coefficient (Wildman–Crippen LogP) is 3.17. The molecular weight excluding hydrogens is 246 g/mol. The Bertz CT molecular complexity index is 356. The molecule has 2 saturated carbocycles. The van der Waals surface area contributed by atoms with Crippen molar-refractivity contribution in [3.63, 3.8) is 0 Å². The van der Waals surface area contributed by atoms with Crippen molar-refractivity contribution in [3.05, 3.63) is 0 Å². The molecule has 0 bridgehead atoms. The van der Waals surface area contributed by atoms with Crippen LogP contribution in [0.25, 0.3) is 0 Å². The summed E-state index contributed by atoms with van der Waals surface area (Å²) in [6.07, 6.45) is 7.78. The van der Waals surface area contributed by atoms with Crippen LogP contribution >= 0.6 is 0 Å². The molecular formula is C17H31N3. The fraction of sp³-hybridized carbons (Fsp3) is 0.941. The van der Waals surface area contributed by atoms with E-state index in [1.54, 1.807) is 0 Å². The molecule has 0 heterocycles. The van der Waals surface area contributed by atoms with E-state index < -0.39 is 0 Å². The smallest absolute Gasteiger partial charge is 0.122 e. The summed E-state index contributed by atoms with van der Waals surface area (Å²) in [7, 11) is 2.23. The van der Waals surface area contributed by atoms with Crippen LogP contribution in [0.1, 0.15) is 59.3 Å². The van der Waals surface area contributed by atoms with Gasteiger partial charge in [-0.05, 0) is 58.4 Å². The summed E-state index contributed by atoms with van der Waals surface area (Å²) in [4.78, 5) is 2.47. The van der Waals surface area contributed by atoms with Gasteiger partial charge in [-0.2, -0.15) is 5.26 Å². The number of hydrogen-bond donors (Lipinski definition) is 1. The highest BCUT2D eigenvalue weighted by atomic mass is 15.2. The molecule has 3 unspecified atom stereocenters. The van der Waals surface area contributed by atoms with Gasteiger partial charge in [0, 0.05) is 18.6 Å². The van der Waals surface area contributed by atoms with Crippen molar-refractivity contribution in [2.75, 3.05) is 13.6 Å². The van der Waals surface area contributed by atoms with Gasteiger partial charge in [0.05, 0.1) is 6.07 Å². The highest BCUT2D eigenvalue weighted by Gasteiger charge is 2.47. The molecule has 20 heavy (non-hydrogen) atoms. The maximum Gasteiger partial charge on any atom is 0.122 e. The van der Waals surface area contributed by atoms with E-state index in [0.29, 0.717) is 18.0 Å². The van der Waals surface area contributed by atoms with Gasteiger partial charge in [-0.3, -0.25) is 5.32 Å². The van der Waals surface area contributed by atoms with E-state index in [-0.39, 0.29) is 5.54 Å². The molecule has 2 aliphatic carbocycles. The van der Waals surface area contributed by atoms with Crippen molar-refractivity contribution in [1.82, 2.24) is 10.2 Å². The number of nitrogens with zero attached hydrogens (tertiary/aromatic N) is 2. The minimum absolute atomic E-state index is 0.333. The summed E-state index contributed by atoms with van der Waals surface area (Å²) in [6, 6.07) is 3.67. The molecule has 3 nitrogen and oxygen atoms in total. The molecule has 1 N–H and O–H groups in total. The highest BCUT2D eigenvalue weighted by molar-refractivity contribution is 5.17. The first-order chi connectivity index (χ1) is 9.48. The lowest BCUT2D eigenvalue weighted by Crippen LogP contribution is -2.58. The van der Waals surface area contributed by atoms with Crippen molar-refractivity contribution < 1.29 is 0 Å². The van der Waals surface area contributed by atoms with Gasteiger partial charge in [-0.25, -0.2) is 0 Å². The van der Waals surface area contributed by atoms with Crippen molar-refractivity contribution in [1.29, 1.82) is 5.26 Å². The number of hydrogen-bond acceptors (Lipinski definition) is 3. The zero-order valence-corrected chi connectivity index (χ0v) is 13.7. The Morgan fingerprint density at radius 3 is 2.40 bits per heavy atom. The standard InChI is InChI=1S/C17H31N3/c1-13(2)19-17(11-18,15-9-10-15)12-20(4)16-8-6-5-7-14(16)3/h13-16,19H,5-10,12H2,1-4H3. The third-order valence-corrected chi connectivity index (χ3v) is 5.15. The van der Waals surface area contributed by atoms with Crippen LogP contribution in [-0.4, -0.2) is 36.1 Å². The van der Waals surface area contributed by atoms with E-state index in [2.05, 4.69) is 44.1 Å². The summed E-state index contributed by atoms with van der Waals surface area (Å²) in [5.74, 6) is 1.32. The van der Waals surface area contributed by atoms with Crippen LogP contribution in [0.5, 0.6) is 0 Å². The van der Waals surface area contributed by atoms with Crippen LogP contribution in [0.2, 0.25) is 0 Å². The molecule has 2 aliphatic rings. The van der Waals surface area contributed by atoms with Crippen LogP contribution < -0.4 is 5.32 Å². The molecule has 2 fully saturated rings. The van der Waals surface area contributed by atoms with E-state index in [0.717, 1.165) is 12.5 Å². The normalized spacial score (nSPS) is 30.2. The first kappa shape index (κ1) is 15.8. The van der Waals surface area contributed by atoms with E-state index in [9.17, 15) is 5.26 Å². The van der Waals surface area contributed by atoms with Crippen LogP contribution in [0.4, 0.5) is 0 Å². The zero-order valence-electron chi connectivity index (χ0n) is 13.7. The molecule has 0 aromatic carbocycles. The second-order valence-corrected chi connectivity index (χ2v) is 7.40. The predicted molar refractivity (Wildman–Crippen MR) is 83.4 cm³/mol. The molecule has 0 aliphatic heterocycles. The molecule has 3 atom stereocenters. The molecule has 2 rings (SSSR count). The maximum atomic E-state index is 9.81. The molecule has 0 saturated heterocycles. The monoisotopic (exact) mass is 277 g/mol. The van der Waals surface area contributed by atoms with Crippen LogP contribution in [0, 0.1) is 23.2 Å². The Balaban J connectivity index is 2.05. The summed E-state index contributed by atoms with van der Waals surface area (Å²) in [6.45, 7) is 7.55. The average molecular weight is 277 g/mol. The molecule has 0 radical (unpaired) electrons. The lowest BCUT2D eigenvalue weighted by Gasteiger charge is -2.41. The Morgan fingerprint density at radius 2 is 1.90 bits per heavy atom. The van der Waals surface area contributed by atoms with Gasteiger partial charge in [0.1, 0.15) is 5.54 Å². The topological polar surface area (TPSA) is 39.1 Å². The van der Waals surface area contributed by atoms with Crippen LogP contribution in [0.3, 0.4) is 0 Å². The molecule has 0 aromatic heterocycles. The summed E-state index contributed by atoms with van der Waals surface area (Å²) in [5, 5.41) is 13.4. The average Bonchev–Trinajstić information content (AvgIpc) is 3.22. The molecule has 0 aromatic rings. The first-order valence-electron chi connectivity index (χ1n) is 8.37. The quantitative estimate of drug-likeness (QED) is 0.810. The third kappa shape index (κ3) is 3.54. The number of likely N-dealkylation sites (N-methyl/N-ethyl adjacent to an activating group) is 1. The van der Waals surface area contributed by atoms with Gasteiger partial charge in [0.2, 0.25) is 0 Å². The first-order valence-corrected chi connectivity index (χ1v) is 8.37. The van der Waals surface area contributed by atoms with Crippen molar-refractivity contribution in [3.8, 4) is 6.07 Å². The van der Waals surface area contributed by atoms with E-state index in [4.69, 9.17) is 0 Å². The third-order valence-electron chi connectivity index (χ3n) is 5.15. The molecule has 3 heteroatoms. The maximum absolute atomic E-state index is 9.81. The number of nitriles is 1. The lowest BCUT2D eigenvalue weighted by atomic mass is 9.83. The van der Waals surface area contributed by atoms with Gasteiger partial charge >= 0.3 is 0 Å². The van der Waals surface area contributed by atoms with E-state index in [1.165, 1.54) is 38.5 Å². The number of nitrogens with one attached hydrogen (secondary N) is 1. The van der Waals surface area contributed by atoms with Crippen molar-refractivity contribution in [2.24, 2.45) is 11.8 Å². The lowest BCUT2D eigenvalue weighted by molar-refractivity contribution is 0.106. The Hall–Kier alpha value is -0.590. The molecule has 0 amide bonds. The minimum Gasteiger partial charge on any atom is -0.300 e. The van der Waals surface area contributed by atoms with Gasteiger partial charge in [-0.15, -0.1) is 0 Å². The zero-order chi connectivity index (χ0) is 14.8. The molecule has 0 spiro atoms. The summed E-state index contributed by atoms with van der Waals surface area (Å²) in [5.41, 5.74) is -0.333. The fourth-order valence-corrected chi connectivity index (χ4v) is 4.00. The minimum atomic E-state index is -0.333. The second-order valence-electron chi connectivity index (χ2n) is 7.40. The summed E-state index contributed by atoms with van der Waals surface area (Å²) >= 11 is 0. The second kappa shape index (κ2) is 6.45. The Kier molecular flexibility index (Phi) is 5.09. The Labute approximate surface area is 124 Å². The van der Waals surface area contributed by atoms with Crippen molar-refractivity contribution >= 4 is 0 Å². The van der Waals surface area contributed by atoms with Gasteiger partial charge in [0.15, 0.2) is 0 Å². The summed E-state index contributed by atoms with van der Waals surface area (Å²) < 4.78 is 0. The largest absolute Gasteiger partial charge is 0.300 e. The number of rotatable bonds is 6. The van der Waals surface area contributed by atoms with Crippen LogP contribution in [-0.2, 0) is 0 Å². The van der Waals surface area contributed by atoms with Gasteiger partial charge in [0.25, 0.3) is 0 Å². The van der Waals surface area contributed by atoms with Crippen LogP contribution in [0.15, 0.2) is 0 Å². The van der Waals surface area contributed by atoms with Gasteiger partial charge < -0.3 is 4.90 Å². The Morgan fingerprint density at radius 1 is 1.25 bits per heavy atom. The fourth-order valence-electron chi connectivity index (χ4n) is 4.00. The van der Waals surface area contributed by atoms with E-state index in [1.807, 2.05) is 0 Å². The molecule has 114 valence electrons. The van der Waals surface area contributed by atoms with Gasteiger partial charge in [-0.1, -0.05) is 19.8 Å². The van der Waals surface area contributed by atoms with E-state index >= 15 is 0 Å².